The smallest absolute Gasteiger partial charge is 0.280 e. The zero-order valence-electron chi connectivity index (χ0n) is 17.2. The molecule has 3 aromatic rings. The van der Waals surface area contributed by atoms with Gasteiger partial charge < -0.3 is 30.6 Å². The second-order valence-electron chi connectivity index (χ2n) is 6.28. The normalized spacial score (nSPS) is 10.3. The first kappa shape index (κ1) is 21.4. The van der Waals surface area contributed by atoms with E-state index in [9.17, 15) is 9.59 Å². The van der Waals surface area contributed by atoms with E-state index < -0.39 is 5.91 Å². The Balaban J connectivity index is 1.66. The van der Waals surface area contributed by atoms with Gasteiger partial charge in [0.25, 0.3) is 5.91 Å². The van der Waals surface area contributed by atoms with Crippen molar-refractivity contribution in [1.29, 1.82) is 0 Å². The summed E-state index contributed by atoms with van der Waals surface area (Å²) in [5.41, 5.74) is 6.90. The average Bonchev–Trinajstić information content (AvgIpc) is 3.14. The zero-order valence-corrected chi connectivity index (χ0v) is 17.2. The van der Waals surface area contributed by atoms with Gasteiger partial charge in [0.2, 0.25) is 5.91 Å². The molecule has 1 heterocycles. The number of ether oxygens (including phenoxy) is 3. The fraction of sp³-hybridized carbons (Fsp3) is 0.200. The molecule has 2 amide bonds. The van der Waals surface area contributed by atoms with Crippen molar-refractivity contribution in [3.8, 4) is 17.2 Å². The molecule has 0 radical (unpaired) electrons. The van der Waals surface area contributed by atoms with Crippen molar-refractivity contribution in [2.24, 2.45) is 0 Å². The monoisotopic (exact) mass is 426 g/mol. The van der Waals surface area contributed by atoms with Gasteiger partial charge in [0.15, 0.2) is 23.0 Å². The molecular weight excluding hydrogens is 404 g/mol. The maximum absolute atomic E-state index is 12.5. The second kappa shape index (κ2) is 9.48. The molecule has 0 fully saturated rings. The Labute approximate surface area is 178 Å². The third-order valence-corrected chi connectivity index (χ3v) is 4.30. The number of nitrogens with two attached hydrogens (primary N) is 1. The Morgan fingerprint density at radius 1 is 0.935 bits per heavy atom. The lowest BCUT2D eigenvalue weighted by atomic mass is 10.2. The maximum Gasteiger partial charge on any atom is 0.280 e. The molecule has 0 aliphatic rings. The first-order chi connectivity index (χ1) is 14.9. The van der Waals surface area contributed by atoms with Crippen molar-refractivity contribution in [1.82, 2.24) is 15.0 Å². The van der Waals surface area contributed by atoms with Gasteiger partial charge in [-0.1, -0.05) is 5.21 Å². The van der Waals surface area contributed by atoms with Crippen molar-refractivity contribution in [3.63, 3.8) is 0 Å². The summed E-state index contributed by atoms with van der Waals surface area (Å²) in [7, 11) is 4.56. The first-order valence-electron chi connectivity index (χ1n) is 9.11. The van der Waals surface area contributed by atoms with Crippen LogP contribution < -0.4 is 30.6 Å². The summed E-state index contributed by atoms with van der Waals surface area (Å²) in [4.78, 5) is 24.8. The van der Waals surface area contributed by atoms with Gasteiger partial charge in [-0.2, -0.15) is 0 Å². The highest BCUT2D eigenvalue weighted by molar-refractivity contribution is 6.06. The third kappa shape index (κ3) is 5.01. The average molecular weight is 426 g/mol. The van der Waals surface area contributed by atoms with E-state index in [0.29, 0.717) is 28.6 Å². The molecule has 1 aromatic heterocycles. The Morgan fingerprint density at radius 3 is 2.26 bits per heavy atom. The summed E-state index contributed by atoms with van der Waals surface area (Å²) in [6, 6.07) is 11.7. The van der Waals surface area contributed by atoms with Crippen LogP contribution in [0, 0.1) is 0 Å². The number of nitrogens with one attached hydrogen (secondary N) is 2. The SMILES string of the molecule is COc1ccc(NC(=O)Cn2nnc(C(=O)Nc3ccc(OC)c(OC)c3)c2N)cc1. The van der Waals surface area contributed by atoms with Crippen molar-refractivity contribution >= 4 is 29.0 Å². The molecule has 0 aliphatic carbocycles. The lowest BCUT2D eigenvalue weighted by Gasteiger charge is -2.10. The van der Waals surface area contributed by atoms with E-state index in [4.69, 9.17) is 19.9 Å². The van der Waals surface area contributed by atoms with Crippen LogP contribution >= 0.6 is 0 Å². The molecule has 0 aliphatic heterocycles. The fourth-order valence-corrected chi connectivity index (χ4v) is 2.71. The maximum atomic E-state index is 12.5. The summed E-state index contributed by atoms with van der Waals surface area (Å²) in [5, 5.41) is 13.0. The molecule has 2 aromatic carbocycles. The minimum absolute atomic E-state index is 0.0390. The van der Waals surface area contributed by atoms with Crippen LogP contribution in [0.2, 0.25) is 0 Å². The van der Waals surface area contributed by atoms with Crippen molar-refractivity contribution in [2.45, 2.75) is 6.54 Å². The van der Waals surface area contributed by atoms with Gasteiger partial charge in [-0.15, -0.1) is 5.10 Å². The highest BCUT2D eigenvalue weighted by Gasteiger charge is 2.19. The van der Waals surface area contributed by atoms with Gasteiger partial charge >= 0.3 is 0 Å². The number of carbonyl (C=O) groups excluding carboxylic acids is 2. The number of aromatic nitrogens is 3. The minimum Gasteiger partial charge on any atom is -0.497 e. The van der Waals surface area contributed by atoms with Gasteiger partial charge in [0.05, 0.1) is 21.3 Å². The number of carbonyl (C=O) groups is 2. The van der Waals surface area contributed by atoms with Crippen LogP contribution in [0.4, 0.5) is 17.2 Å². The van der Waals surface area contributed by atoms with Crippen LogP contribution in [-0.2, 0) is 11.3 Å². The molecule has 0 unspecified atom stereocenters. The number of anilines is 3. The van der Waals surface area contributed by atoms with E-state index in [1.807, 2.05) is 0 Å². The molecule has 0 atom stereocenters. The Morgan fingerprint density at radius 2 is 1.61 bits per heavy atom. The molecule has 4 N–H and O–H groups in total. The summed E-state index contributed by atoms with van der Waals surface area (Å²) >= 11 is 0. The van der Waals surface area contributed by atoms with E-state index >= 15 is 0 Å². The molecule has 0 bridgehead atoms. The molecule has 0 saturated carbocycles. The van der Waals surface area contributed by atoms with Crippen molar-refractivity contribution in [2.75, 3.05) is 37.7 Å². The van der Waals surface area contributed by atoms with Crippen LogP contribution in [0.5, 0.6) is 17.2 Å². The highest BCUT2D eigenvalue weighted by Crippen LogP contribution is 2.30. The molecule has 11 nitrogen and oxygen atoms in total. The van der Waals surface area contributed by atoms with Gasteiger partial charge in [-0.25, -0.2) is 4.68 Å². The topological polar surface area (TPSA) is 143 Å². The van der Waals surface area contributed by atoms with Gasteiger partial charge in [0, 0.05) is 17.4 Å². The molecular formula is C20H22N6O5. The van der Waals surface area contributed by atoms with E-state index in [-0.39, 0.29) is 24.0 Å². The molecule has 0 saturated heterocycles. The number of methoxy groups -OCH3 is 3. The standard InChI is InChI=1S/C20H22N6O5/c1-29-14-7-4-12(5-8-14)22-17(27)11-26-19(21)18(24-25-26)20(28)23-13-6-9-15(30-2)16(10-13)31-3/h4-10H,11,21H2,1-3H3,(H,22,27)(H,23,28). The van der Waals surface area contributed by atoms with Crippen LogP contribution in [0.25, 0.3) is 0 Å². The molecule has 3 rings (SSSR count). The summed E-state index contributed by atoms with van der Waals surface area (Å²) < 4.78 is 16.6. The molecule has 162 valence electrons. The van der Waals surface area contributed by atoms with E-state index in [1.165, 1.54) is 14.2 Å². The lowest BCUT2D eigenvalue weighted by Crippen LogP contribution is -2.21. The number of rotatable bonds is 8. The van der Waals surface area contributed by atoms with E-state index in [0.717, 1.165) is 4.68 Å². The van der Waals surface area contributed by atoms with Crippen molar-refractivity contribution < 1.29 is 23.8 Å². The Bertz CT molecular complexity index is 1080. The first-order valence-corrected chi connectivity index (χ1v) is 9.11. The molecule has 31 heavy (non-hydrogen) atoms. The largest absolute Gasteiger partial charge is 0.497 e. The molecule has 0 spiro atoms. The van der Waals surface area contributed by atoms with Crippen LogP contribution in [0.3, 0.4) is 0 Å². The second-order valence-corrected chi connectivity index (χ2v) is 6.28. The lowest BCUT2D eigenvalue weighted by molar-refractivity contribution is -0.116. The quantitative estimate of drug-likeness (QED) is 0.495. The fourth-order valence-electron chi connectivity index (χ4n) is 2.71. The van der Waals surface area contributed by atoms with Gasteiger partial charge in [-0.05, 0) is 36.4 Å². The summed E-state index contributed by atoms with van der Waals surface area (Å²) in [6.45, 7) is -0.214. The highest BCUT2D eigenvalue weighted by atomic mass is 16.5. The Hall–Kier alpha value is -4.28. The Kier molecular flexibility index (Phi) is 6.55. The van der Waals surface area contributed by atoms with Gasteiger partial charge in [-0.3, -0.25) is 9.59 Å². The van der Waals surface area contributed by atoms with Crippen LogP contribution in [-0.4, -0.2) is 48.1 Å². The zero-order chi connectivity index (χ0) is 22.4. The predicted octanol–water partition coefficient (Wildman–Crippen LogP) is 1.78. The summed E-state index contributed by atoms with van der Waals surface area (Å²) in [6.07, 6.45) is 0. The van der Waals surface area contributed by atoms with Crippen molar-refractivity contribution in [3.05, 3.63) is 48.2 Å². The number of nitrogens with zero attached hydrogens (tertiary/aromatic N) is 3. The summed E-state index contributed by atoms with van der Waals surface area (Å²) in [5.74, 6) is 0.646. The van der Waals surface area contributed by atoms with E-state index in [2.05, 4.69) is 20.9 Å². The van der Waals surface area contributed by atoms with Crippen LogP contribution in [0.1, 0.15) is 10.5 Å². The third-order valence-electron chi connectivity index (χ3n) is 4.30. The van der Waals surface area contributed by atoms with E-state index in [1.54, 1.807) is 49.6 Å². The van der Waals surface area contributed by atoms with Crippen LogP contribution in [0.15, 0.2) is 42.5 Å². The number of hydrogen-bond donors (Lipinski definition) is 3. The molecule has 11 heteroatoms. The minimum atomic E-state index is -0.577. The number of hydrogen-bond acceptors (Lipinski definition) is 8. The van der Waals surface area contributed by atoms with Gasteiger partial charge in [0.1, 0.15) is 12.3 Å². The predicted molar refractivity (Wildman–Crippen MR) is 114 cm³/mol. The number of nitrogen functional groups attached to an aromatic ring is 1. The number of amides is 2. The number of benzene rings is 2.